The average molecular weight is 304 g/mol. The SMILES string of the molecule is COc1ccc(C)cc1-c1ccc(CNC(C)C)cc1Cl. The van der Waals surface area contributed by atoms with Crippen LogP contribution in [0.5, 0.6) is 5.75 Å². The van der Waals surface area contributed by atoms with Crippen molar-refractivity contribution in [3.8, 4) is 16.9 Å². The zero-order chi connectivity index (χ0) is 15.4. The third-order valence-electron chi connectivity index (χ3n) is 3.39. The summed E-state index contributed by atoms with van der Waals surface area (Å²) in [5.74, 6) is 0.843. The van der Waals surface area contributed by atoms with Crippen molar-refractivity contribution in [2.45, 2.75) is 33.4 Å². The molecule has 112 valence electrons. The van der Waals surface area contributed by atoms with Crippen LogP contribution in [-0.2, 0) is 6.54 Å². The van der Waals surface area contributed by atoms with E-state index in [9.17, 15) is 0 Å². The first-order valence-corrected chi connectivity index (χ1v) is 7.56. The van der Waals surface area contributed by atoms with Gasteiger partial charge in [-0.1, -0.05) is 49.2 Å². The van der Waals surface area contributed by atoms with Crippen molar-refractivity contribution in [3.05, 3.63) is 52.5 Å². The lowest BCUT2D eigenvalue weighted by atomic mass is 10.0. The van der Waals surface area contributed by atoms with E-state index in [1.165, 1.54) is 11.1 Å². The van der Waals surface area contributed by atoms with Gasteiger partial charge < -0.3 is 10.1 Å². The highest BCUT2D eigenvalue weighted by atomic mass is 35.5. The number of ether oxygens (including phenoxy) is 1. The number of halogens is 1. The van der Waals surface area contributed by atoms with Gasteiger partial charge in [-0.25, -0.2) is 0 Å². The molecule has 0 unspecified atom stereocenters. The van der Waals surface area contributed by atoms with Crippen LogP contribution in [0.3, 0.4) is 0 Å². The zero-order valence-electron chi connectivity index (χ0n) is 13.0. The molecule has 2 nitrogen and oxygen atoms in total. The second-order valence-electron chi connectivity index (χ2n) is 5.55. The van der Waals surface area contributed by atoms with Gasteiger partial charge >= 0.3 is 0 Å². The molecule has 0 aliphatic carbocycles. The van der Waals surface area contributed by atoms with E-state index in [4.69, 9.17) is 16.3 Å². The largest absolute Gasteiger partial charge is 0.496 e. The minimum absolute atomic E-state index is 0.459. The topological polar surface area (TPSA) is 21.3 Å². The summed E-state index contributed by atoms with van der Waals surface area (Å²) in [4.78, 5) is 0. The Kier molecular flexibility index (Phi) is 5.27. The number of hydrogen-bond donors (Lipinski definition) is 1. The molecule has 0 fully saturated rings. The Morgan fingerprint density at radius 1 is 1.10 bits per heavy atom. The van der Waals surface area contributed by atoms with Crippen LogP contribution in [0, 0.1) is 6.92 Å². The molecule has 3 heteroatoms. The summed E-state index contributed by atoms with van der Waals surface area (Å²) in [5.41, 5.74) is 4.41. The number of methoxy groups -OCH3 is 1. The van der Waals surface area contributed by atoms with Crippen LogP contribution in [0.1, 0.15) is 25.0 Å². The molecular formula is C18H22ClNO. The summed E-state index contributed by atoms with van der Waals surface area (Å²) in [6, 6.07) is 12.8. The molecule has 0 spiro atoms. The van der Waals surface area contributed by atoms with Crippen molar-refractivity contribution < 1.29 is 4.74 Å². The molecule has 2 aromatic carbocycles. The van der Waals surface area contributed by atoms with Crippen molar-refractivity contribution in [2.75, 3.05) is 7.11 Å². The number of aryl methyl sites for hydroxylation is 1. The molecule has 0 saturated heterocycles. The number of benzene rings is 2. The van der Waals surface area contributed by atoms with E-state index in [2.05, 4.69) is 44.3 Å². The first-order valence-electron chi connectivity index (χ1n) is 7.18. The summed E-state index contributed by atoms with van der Waals surface area (Å²) in [6.45, 7) is 7.15. The predicted molar refractivity (Wildman–Crippen MR) is 90.2 cm³/mol. The second-order valence-corrected chi connectivity index (χ2v) is 5.96. The van der Waals surface area contributed by atoms with Gasteiger partial charge in [-0.05, 0) is 30.7 Å². The summed E-state index contributed by atoms with van der Waals surface area (Å²) in [6.07, 6.45) is 0. The van der Waals surface area contributed by atoms with Crippen LogP contribution in [0.2, 0.25) is 5.02 Å². The third-order valence-corrected chi connectivity index (χ3v) is 3.71. The quantitative estimate of drug-likeness (QED) is 0.855. The molecule has 1 N–H and O–H groups in total. The summed E-state index contributed by atoms with van der Waals surface area (Å²) in [5, 5.41) is 4.15. The predicted octanol–water partition coefficient (Wildman–Crippen LogP) is 4.82. The monoisotopic (exact) mass is 303 g/mol. The Balaban J connectivity index is 2.35. The Morgan fingerprint density at radius 2 is 1.86 bits per heavy atom. The molecule has 0 bridgehead atoms. The van der Waals surface area contributed by atoms with Gasteiger partial charge in [-0.2, -0.15) is 0 Å². The maximum atomic E-state index is 6.48. The highest BCUT2D eigenvalue weighted by Gasteiger charge is 2.10. The molecule has 0 aliphatic heterocycles. The standard InChI is InChI=1S/C18H22ClNO/c1-12(2)20-11-14-6-7-15(17(19)10-14)16-9-13(3)5-8-18(16)21-4/h5-10,12,20H,11H2,1-4H3. The summed E-state index contributed by atoms with van der Waals surface area (Å²) < 4.78 is 5.45. The van der Waals surface area contributed by atoms with E-state index in [0.717, 1.165) is 28.4 Å². The lowest BCUT2D eigenvalue weighted by Gasteiger charge is -2.13. The molecular weight excluding hydrogens is 282 g/mol. The van der Waals surface area contributed by atoms with Crippen LogP contribution in [0.15, 0.2) is 36.4 Å². The fourth-order valence-electron chi connectivity index (χ4n) is 2.24. The van der Waals surface area contributed by atoms with Gasteiger partial charge in [0.2, 0.25) is 0 Å². The minimum atomic E-state index is 0.459. The average Bonchev–Trinajstić information content (AvgIpc) is 2.45. The van der Waals surface area contributed by atoms with Crippen molar-refractivity contribution in [3.63, 3.8) is 0 Å². The van der Waals surface area contributed by atoms with Gasteiger partial charge in [0.15, 0.2) is 0 Å². The van der Waals surface area contributed by atoms with Gasteiger partial charge in [0.05, 0.1) is 7.11 Å². The van der Waals surface area contributed by atoms with E-state index in [-0.39, 0.29) is 0 Å². The van der Waals surface area contributed by atoms with Crippen LogP contribution >= 0.6 is 11.6 Å². The molecule has 0 aliphatic rings. The van der Waals surface area contributed by atoms with Gasteiger partial charge in [0.1, 0.15) is 5.75 Å². The Labute approximate surface area is 132 Å². The van der Waals surface area contributed by atoms with E-state index < -0.39 is 0 Å². The number of nitrogens with one attached hydrogen (secondary N) is 1. The fraction of sp³-hybridized carbons (Fsp3) is 0.333. The highest BCUT2D eigenvalue weighted by molar-refractivity contribution is 6.33. The van der Waals surface area contributed by atoms with Gasteiger partial charge in [-0.3, -0.25) is 0 Å². The maximum absolute atomic E-state index is 6.48. The molecule has 0 atom stereocenters. The first-order chi connectivity index (χ1) is 10.0. The summed E-state index contributed by atoms with van der Waals surface area (Å²) in [7, 11) is 1.68. The third kappa shape index (κ3) is 3.99. The van der Waals surface area contributed by atoms with Crippen molar-refractivity contribution in [1.29, 1.82) is 0 Å². The molecule has 0 aromatic heterocycles. The smallest absolute Gasteiger partial charge is 0.126 e. The van der Waals surface area contributed by atoms with E-state index in [0.29, 0.717) is 6.04 Å². The van der Waals surface area contributed by atoms with Crippen LogP contribution in [0.4, 0.5) is 0 Å². The molecule has 0 saturated carbocycles. The van der Waals surface area contributed by atoms with Crippen LogP contribution in [0.25, 0.3) is 11.1 Å². The van der Waals surface area contributed by atoms with Gasteiger partial charge in [0.25, 0.3) is 0 Å². The second kappa shape index (κ2) is 6.97. The van der Waals surface area contributed by atoms with Gasteiger partial charge in [0, 0.05) is 28.7 Å². The minimum Gasteiger partial charge on any atom is -0.496 e. The molecule has 0 radical (unpaired) electrons. The first kappa shape index (κ1) is 15.9. The van der Waals surface area contributed by atoms with Crippen LogP contribution < -0.4 is 10.1 Å². The fourth-order valence-corrected chi connectivity index (χ4v) is 2.55. The Bertz CT molecular complexity index is 623. The van der Waals surface area contributed by atoms with E-state index in [1.54, 1.807) is 7.11 Å². The van der Waals surface area contributed by atoms with Crippen molar-refractivity contribution in [1.82, 2.24) is 5.32 Å². The molecule has 21 heavy (non-hydrogen) atoms. The summed E-state index contributed by atoms with van der Waals surface area (Å²) >= 11 is 6.48. The maximum Gasteiger partial charge on any atom is 0.126 e. The molecule has 0 amide bonds. The normalized spacial score (nSPS) is 11.0. The highest BCUT2D eigenvalue weighted by Crippen LogP contribution is 2.35. The lowest BCUT2D eigenvalue weighted by Crippen LogP contribution is -2.21. The number of rotatable bonds is 5. The molecule has 2 rings (SSSR count). The van der Waals surface area contributed by atoms with Crippen molar-refractivity contribution in [2.24, 2.45) is 0 Å². The lowest BCUT2D eigenvalue weighted by molar-refractivity contribution is 0.416. The Hall–Kier alpha value is -1.51. The number of hydrogen-bond acceptors (Lipinski definition) is 2. The van der Waals surface area contributed by atoms with E-state index in [1.807, 2.05) is 18.2 Å². The molecule has 2 aromatic rings. The molecule has 0 heterocycles. The Morgan fingerprint density at radius 3 is 2.48 bits per heavy atom. The van der Waals surface area contributed by atoms with E-state index >= 15 is 0 Å². The van der Waals surface area contributed by atoms with Gasteiger partial charge in [-0.15, -0.1) is 0 Å². The zero-order valence-corrected chi connectivity index (χ0v) is 13.8. The van der Waals surface area contributed by atoms with Crippen molar-refractivity contribution >= 4 is 11.6 Å². The van der Waals surface area contributed by atoms with Crippen LogP contribution in [-0.4, -0.2) is 13.2 Å².